The molecule has 0 unspecified atom stereocenters. The Morgan fingerprint density at radius 1 is 1.24 bits per heavy atom. The molecule has 0 aliphatic carbocycles. The number of carbonyl (C=O) groups excluding carboxylic acids is 1. The second kappa shape index (κ2) is 5.61. The van der Waals surface area contributed by atoms with Gasteiger partial charge in [0.05, 0.1) is 10.2 Å². The van der Waals surface area contributed by atoms with Gasteiger partial charge in [0.15, 0.2) is 5.13 Å². The number of anilines is 1. The highest BCUT2D eigenvalue weighted by atomic mass is 32.1. The molecule has 0 atom stereocenters. The number of benzene rings is 2. The lowest BCUT2D eigenvalue weighted by Gasteiger charge is -2.02. The Morgan fingerprint density at radius 3 is 2.71 bits per heavy atom. The van der Waals surface area contributed by atoms with Crippen molar-refractivity contribution in [3.63, 3.8) is 0 Å². The molecule has 3 nitrogen and oxygen atoms in total. The fourth-order valence-corrected chi connectivity index (χ4v) is 2.90. The molecule has 1 heterocycles. The number of halogens is 1. The summed E-state index contributed by atoms with van der Waals surface area (Å²) in [5.41, 5.74) is 2.44. The first-order valence-corrected chi connectivity index (χ1v) is 7.44. The Kier molecular flexibility index (Phi) is 3.66. The number of hydrogen-bond acceptors (Lipinski definition) is 3. The average Bonchev–Trinajstić information content (AvgIpc) is 2.88. The van der Waals surface area contributed by atoms with Gasteiger partial charge in [0.2, 0.25) is 0 Å². The van der Waals surface area contributed by atoms with Crippen LogP contribution in [0.1, 0.15) is 22.8 Å². The van der Waals surface area contributed by atoms with Crippen LogP contribution in [0.4, 0.5) is 9.52 Å². The highest BCUT2D eigenvalue weighted by Crippen LogP contribution is 2.26. The average molecular weight is 300 g/mol. The van der Waals surface area contributed by atoms with Gasteiger partial charge in [-0.3, -0.25) is 10.1 Å². The molecule has 5 heteroatoms. The van der Waals surface area contributed by atoms with E-state index in [-0.39, 0.29) is 11.7 Å². The monoisotopic (exact) mass is 300 g/mol. The third-order valence-electron chi connectivity index (χ3n) is 3.20. The quantitative estimate of drug-likeness (QED) is 0.785. The summed E-state index contributed by atoms with van der Waals surface area (Å²) in [6.45, 7) is 2.06. The highest BCUT2D eigenvalue weighted by Gasteiger charge is 2.10. The number of aryl methyl sites for hydroxylation is 1. The Balaban J connectivity index is 1.81. The van der Waals surface area contributed by atoms with Crippen LogP contribution < -0.4 is 5.32 Å². The zero-order valence-electron chi connectivity index (χ0n) is 11.4. The number of rotatable bonds is 3. The number of hydrogen-bond donors (Lipinski definition) is 1. The molecule has 1 N–H and O–H groups in total. The normalized spacial score (nSPS) is 10.8. The van der Waals surface area contributed by atoms with Crippen molar-refractivity contribution >= 4 is 32.6 Å². The maximum absolute atomic E-state index is 13.1. The summed E-state index contributed by atoms with van der Waals surface area (Å²) in [6.07, 6.45) is 0.936. The largest absolute Gasteiger partial charge is 0.298 e. The van der Waals surface area contributed by atoms with Crippen LogP contribution in [0, 0.1) is 5.82 Å². The Morgan fingerprint density at radius 2 is 2.00 bits per heavy atom. The Bertz CT molecular complexity index is 796. The van der Waals surface area contributed by atoms with E-state index in [0.717, 1.165) is 6.42 Å². The fraction of sp³-hybridized carbons (Fsp3) is 0.125. The van der Waals surface area contributed by atoms with Crippen LogP contribution in [0.25, 0.3) is 10.2 Å². The van der Waals surface area contributed by atoms with E-state index in [9.17, 15) is 9.18 Å². The lowest BCUT2D eigenvalue weighted by Crippen LogP contribution is -2.11. The lowest BCUT2D eigenvalue weighted by atomic mass is 10.1. The van der Waals surface area contributed by atoms with Crippen molar-refractivity contribution in [2.45, 2.75) is 13.3 Å². The van der Waals surface area contributed by atoms with Crippen molar-refractivity contribution in [2.24, 2.45) is 0 Å². The minimum Gasteiger partial charge on any atom is -0.298 e. The molecule has 1 amide bonds. The van der Waals surface area contributed by atoms with Crippen LogP contribution in [-0.4, -0.2) is 10.9 Å². The minimum atomic E-state index is -0.306. The first-order chi connectivity index (χ1) is 10.2. The van der Waals surface area contributed by atoms with Gasteiger partial charge in [-0.15, -0.1) is 0 Å². The minimum absolute atomic E-state index is 0.211. The Hall–Kier alpha value is -2.27. The predicted molar refractivity (Wildman–Crippen MR) is 83.4 cm³/mol. The molecule has 0 saturated heterocycles. The van der Waals surface area contributed by atoms with Crippen molar-refractivity contribution in [1.82, 2.24) is 4.98 Å². The van der Waals surface area contributed by atoms with Crippen molar-refractivity contribution in [3.05, 3.63) is 59.4 Å². The summed E-state index contributed by atoms with van der Waals surface area (Å²) in [6, 6.07) is 11.8. The van der Waals surface area contributed by atoms with Crippen molar-refractivity contribution < 1.29 is 9.18 Å². The van der Waals surface area contributed by atoms with Gasteiger partial charge in [-0.25, -0.2) is 9.37 Å². The van der Waals surface area contributed by atoms with E-state index >= 15 is 0 Å². The molecule has 0 aliphatic heterocycles. The van der Waals surface area contributed by atoms with E-state index in [1.54, 1.807) is 18.2 Å². The Labute approximate surface area is 125 Å². The molecule has 106 valence electrons. The number of amides is 1. The zero-order valence-corrected chi connectivity index (χ0v) is 12.2. The summed E-state index contributed by atoms with van der Waals surface area (Å²) in [5, 5.41) is 3.22. The third kappa shape index (κ3) is 2.92. The van der Waals surface area contributed by atoms with Gasteiger partial charge in [-0.1, -0.05) is 30.4 Å². The maximum atomic E-state index is 13.1. The van der Waals surface area contributed by atoms with Crippen LogP contribution >= 0.6 is 11.3 Å². The van der Waals surface area contributed by atoms with E-state index in [4.69, 9.17) is 0 Å². The van der Waals surface area contributed by atoms with Crippen LogP contribution in [-0.2, 0) is 6.42 Å². The molecule has 2 aromatic carbocycles. The van der Waals surface area contributed by atoms with Gasteiger partial charge in [-0.2, -0.15) is 0 Å². The van der Waals surface area contributed by atoms with Gasteiger partial charge in [0, 0.05) is 5.56 Å². The fourth-order valence-electron chi connectivity index (χ4n) is 2.01. The molecule has 3 rings (SSSR count). The number of thiazole rings is 1. The number of carbonyl (C=O) groups is 1. The molecular formula is C16H13FN2OS. The number of aromatic nitrogens is 1. The van der Waals surface area contributed by atoms with Crippen molar-refractivity contribution in [2.75, 3.05) is 5.32 Å². The first kappa shape index (κ1) is 13.7. The topological polar surface area (TPSA) is 42.0 Å². The summed E-state index contributed by atoms with van der Waals surface area (Å²) in [4.78, 5) is 16.4. The SMILES string of the molecule is CCc1ccc(C(=O)Nc2nc3ccc(F)cc3s2)cc1. The third-order valence-corrected chi connectivity index (χ3v) is 4.13. The summed E-state index contributed by atoms with van der Waals surface area (Å²) < 4.78 is 13.9. The molecule has 0 saturated carbocycles. The first-order valence-electron chi connectivity index (χ1n) is 6.62. The molecule has 0 bridgehead atoms. The number of nitrogens with zero attached hydrogens (tertiary/aromatic N) is 1. The summed E-state index contributed by atoms with van der Waals surface area (Å²) >= 11 is 1.26. The van der Waals surface area contributed by atoms with Gasteiger partial charge >= 0.3 is 0 Å². The van der Waals surface area contributed by atoms with E-state index in [0.29, 0.717) is 20.9 Å². The van der Waals surface area contributed by atoms with Crippen LogP contribution in [0.2, 0.25) is 0 Å². The molecule has 1 aromatic heterocycles. The smallest absolute Gasteiger partial charge is 0.257 e. The van der Waals surface area contributed by atoms with E-state index in [1.165, 1.54) is 29.0 Å². The molecule has 0 aliphatic rings. The summed E-state index contributed by atoms with van der Waals surface area (Å²) in [7, 11) is 0. The predicted octanol–water partition coefficient (Wildman–Crippen LogP) is 4.25. The molecule has 0 fully saturated rings. The van der Waals surface area contributed by atoms with Crippen LogP contribution in [0.5, 0.6) is 0 Å². The standard InChI is InChI=1S/C16H13FN2OS/c1-2-10-3-5-11(6-4-10)15(20)19-16-18-13-8-7-12(17)9-14(13)21-16/h3-9H,2H2,1H3,(H,18,19,20). The second-order valence-electron chi connectivity index (χ2n) is 4.64. The zero-order chi connectivity index (χ0) is 14.8. The second-order valence-corrected chi connectivity index (χ2v) is 5.67. The molecule has 21 heavy (non-hydrogen) atoms. The van der Waals surface area contributed by atoms with E-state index in [2.05, 4.69) is 17.2 Å². The van der Waals surface area contributed by atoms with Crippen LogP contribution in [0.3, 0.4) is 0 Å². The van der Waals surface area contributed by atoms with Gasteiger partial charge in [0.1, 0.15) is 5.82 Å². The van der Waals surface area contributed by atoms with Gasteiger partial charge in [-0.05, 0) is 42.3 Å². The molecule has 3 aromatic rings. The highest BCUT2D eigenvalue weighted by molar-refractivity contribution is 7.22. The number of nitrogens with one attached hydrogen (secondary N) is 1. The lowest BCUT2D eigenvalue weighted by molar-refractivity contribution is 0.102. The van der Waals surface area contributed by atoms with Gasteiger partial charge in [0.25, 0.3) is 5.91 Å². The summed E-state index contributed by atoms with van der Waals surface area (Å²) in [5.74, 6) is -0.517. The molecule has 0 spiro atoms. The van der Waals surface area contributed by atoms with Crippen LogP contribution in [0.15, 0.2) is 42.5 Å². The maximum Gasteiger partial charge on any atom is 0.257 e. The van der Waals surface area contributed by atoms with Crippen molar-refractivity contribution in [3.8, 4) is 0 Å². The van der Waals surface area contributed by atoms with Gasteiger partial charge < -0.3 is 0 Å². The number of fused-ring (bicyclic) bond motifs is 1. The molecule has 0 radical (unpaired) electrons. The molecular weight excluding hydrogens is 287 g/mol. The van der Waals surface area contributed by atoms with E-state index < -0.39 is 0 Å². The van der Waals surface area contributed by atoms with E-state index in [1.807, 2.05) is 12.1 Å². The van der Waals surface area contributed by atoms with Crippen molar-refractivity contribution in [1.29, 1.82) is 0 Å².